The van der Waals surface area contributed by atoms with Gasteiger partial charge in [-0.3, -0.25) is 10.00 Å². The molecular weight excluding hydrogens is 352 g/mol. The first-order valence-electron chi connectivity index (χ1n) is 9.71. The number of likely N-dealkylation sites (N-methyl/N-ethyl adjacent to an activating group) is 1. The van der Waals surface area contributed by atoms with Crippen molar-refractivity contribution in [3.63, 3.8) is 0 Å². The van der Waals surface area contributed by atoms with Gasteiger partial charge in [-0.2, -0.15) is 5.10 Å². The molecule has 1 N–H and O–H groups in total. The fourth-order valence-electron chi connectivity index (χ4n) is 3.97. The Morgan fingerprint density at radius 3 is 2.48 bits per heavy atom. The van der Waals surface area contributed by atoms with Crippen LogP contribution in [0.3, 0.4) is 0 Å². The molecule has 0 spiro atoms. The number of hydrogen-bond acceptors (Lipinski definition) is 4. The maximum atomic E-state index is 4.61. The van der Waals surface area contributed by atoms with E-state index in [2.05, 4.69) is 75.5 Å². The smallest absolute Gasteiger partial charge is 0.110 e. The number of aromatic nitrogens is 2. The van der Waals surface area contributed by atoms with Crippen LogP contribution in [0.4, 0.5) is 0 Å². The van der Waals surface area contributed by atoms with Gasteiger partial charge in [-0.15, -0.1) is 11.3 Å². The largest absolute Gasteiger partial charge is 0.301 e. The molecule has 0 bridgehead atoms. The van der Waals surface area contributed by atoms with Crippen molar-refractivity contribution in [3.05, 3.63) is 54.1 Å². The minimum absolute atomic E-state index is 1.04. The van der Waals surface area contributed by atoms with Gasteiger partial charge in [0.05, 0.1) is 10.2 Å². The van der Waals surface area contributed by atoms with E-state index in [1.54, 1.807) is 0 Å². The molecule has 0 saturated carbocycles. The van der Waals surface area contributed by atoms with Crippen LogP contribution in [-0.2, 0) is 6.54 Å². The summed E-state index contributed by atoms with van der Waals surface area (Å²) < 4.78 is 2.56. The van der Waals surface area contributed by atoms with Gasteiger partial charge in [-0.05, 0) is 18.2 Å². The second-order valence-electron chi connectivity index (χ2n) is 7.28. The third-order valence-corrected chi connectivity index (χ3v) is 6.81. The Balaban J connectivity index is 1.37. The van der Waals surface area contributed by atoms with Gasteiger partial charge in [-0.1, -0.05) is 49.4 Å². The van der Waals surface area contributed by atoms with E-state index in [0.717, 1.165) is 30.8 Å². The Labute approximate surface area is 163 Å². The van der Waals surface area contributed by atoms with Gasteiger partial charge in [0.1, 0.15) is 5.69 Å². The number of fused-ring (bicyclic) bond motifs is 3. The lowest BCUT2D eigenvalue weighted by Crippen LogP contribution is -2.45. The van der Waals surface area contributed by atoms with Gasteiger partial charge in [0.15, 0.2) is 0 Å². The van der Waals surface area contributed by atoms with Crippen molar-refractivity contribution in [1.29, 1.82) is 0 Å². The first kappa shape index (κ1) is 16.9. The number of benzene rings is 2. The zero-order valence-electron chi connectivity index (χ0n) is 15.6. The third kappa shape index (κ3) is 3.16. The van der Waals surface area contributed by atoms with Crippen molar-refractivity contribution in [3.8, 4) is 11.3 Å². The summed E-state index contributed by atoms with van der Waals surface area (Å²) in [6.45, 7) is 9.15. The molecule has 0 atom stereocenters. The summed E-state index contributed by atoms with van der Waals surface area (Å²) in [5, 5.41) is 9.12. The summed E-state index contributed by atoms with van der Waals surface area (Å²) in [5.74, 6) is 0. The molecule has 1 fully saturated rings. The van der Waals surface area contributed by atoms with Gasteiger partial charge in [0.2, 0.25) is 0 Å². The van der Waals surface area contributed by atoms with Crippen LogP contribution in [0.1, 0.15) is 12.5 Å². The van der Waals surface area contributed by atoms with E-state index >= 15 is 0 Å². The fourth-order valence-corrected chi connectivity index (χ4v) is 5.14. The number of nitrogens with one attached hydrogen (secondary N) is 1. The molecule has 0 aliphatic carbocycles. The monoisotopic (exact) mass is 376 g/mol. The number of piperazine rings is 1. The molecule has 3 heterocycles. The number of aromatic amines is 1. The second-order valence-corrected chi connectivity index (χ2v) is 8.33. The Hall–Kier alpha value is -2.21. The van der Waals surface area contributed by atoms with Crippen LogP contribution in [0.5, 0.6) is 0 Å². The normalized spacial score (nSPS) is 16.5. The van der Waals surface area contributed by atoms with Crippen LogP contribution in [0.25, 0.3) is 31.6 Å². The molecule has 4 nitrogen and oxygen atoms in total. The van der Waals surface area contributed by atoms with Gasteiger partial charge >= 0.3 is 0 Å². The Kier molecular flexibility index (Phi) is 4.44. The highest BCUT2D eigenvalue weighted by Crippen LogP contribution is 2.38. The zero-order chi connectivity index (χ0) is 18.2. The van der Waals surface area contributed by atoms with Crippen LogP contribution in [0.15, 0.2) is 48.5 Å². The Bertz CT molecular complexity index is 1060. The topological polar surface area (TPSA) is 35.2 Å². The van der Waals surface area contributed by atoms with Crippen LogP contribution in [-0.4, -0.2) is 52.7 Å². The lowest BCUT2D eigenvalue weighted by Gasteiger charge is -2.34. The molecule has 1 aliphatic heterocycles. The van der Waals surface area contributed by atoms with Crippen LogP contribution in [0.2, 0.25) is 0 Å². The fraction of sp³-hybridized carbons (Fsp3) is 0.318. The number of nitrogens with zero attached hydrogens (tertiary/aromatic N) is 3. The van der Waals surface area contributed by atoms with E-state index in [-0.39, 0.29) is 0 Å². The summed E-state index contributed by atoms with van der Waals surface area (Å²) in [7, 11) is 0. The lowest BCUT2D eigenvalue weighted by atomic mass is 10.1. The van der Waals surface area contributed by atoms with Crippen molar-refractivity contribution in [2.75, 3.05) is 32.7 Å². The maximum absolute atomic E-state index is 4.61. The summed E-state index contributed by atoms with van der Waals surface area (Å²) in [6.07, 6.45) is 0. The first-order chi connectivity index (χ1) is 13.3. The number of rotatable bonds is 4. The van der Waals surface area contributed by atoms with E-state index in [9.17, 15) is 0 Å². The summed E-state index contributed by atoms with van der Waals surface area (Å²) in [5.41, 5.74) is 4.79. The number of H-pyrrole nitrogens is 1. The highest BCUT2D eigenvalue weighted by atomic mass is 32.1. The molecule has 138 valence electrons. The highest BCUT2D eigenvalue weighted by molar-refractivity contribution is 7.26. The molecule has 27 heavy (non-hydrogen) atoms. The number of thiophene rings is 1. The second kappa shape index (κ2) is 7.08. The molecule has 1 aliphatic rings. The molecule has 2 aromatic carbocycles. The molecule has 1 saturated heterocycles. The first-order valence-corrected chi connectivity index (χ1v) is 10.5. The van der Waals surface area contributed by atoms with E-state index in [4.69, 9.17) is 0 Å². The molecule has 4 aromatic rings. The van der Waals surface area contributed by atoms with Crippen molar-refractivity contribution in [1.82, 2.24) is 20.0 Å². The van der Waals surface area contributed by atoms with Gasteiger partial charge in [-0.25, -0.2) is 0 Å². The van der Waals surface area contributed by atoms with Gasteiger partial charge in [0.25, 0.3) is 0 Å². The van der Waals surface area contributed by atoms with E-state index in [1.807, 2.05) is 11.3 Å². The molecule has 0 amide bonds. The summed E-state index contributed by atoms with van der Waals surface area (Å²) in [6, 6.07) is 17.5. The molecule has 5 heteroatoms. The van der Waals surface area contributed by atoms with Crippen molar-refractivity contribution in [2.24, 2.45) is 0 Å². The SMILES string of the molecule is CCN1CCN(Cc2ccc(-c3n[nH]c4c3sc3ccccc34)cc2)CC1. The quantitative estimate of drug-likeness (QED) is 0.566. The molecule has 2 aromatic heterocycles. The summed E-state index contributed by atoms with van der Waals surface area (Å²) in [4.78, 5) is 5.08. The van der Waals surface area contributed by atoms with E-state index in [1.165, 1.54) is 45.5 Å². The zero-order valence-corrected chi connectivity index (χ0v) is 16.4. The molecular formula is C22H24N4S. The van der Waals surface area contributed by atoms with Gasteiger partial charge in [0, 0.05) is 48.4 Å². The predicted molar refractivity (Wildman–Crippen MR) is 114 cm³/mol. The van der Waals surface area contributed by atoms with Gasteiger partial charge < -0.3 is 4.90 Å². The minimum atomic E-state index is 1.04. The van der Waals surface area contributed by atoms with E-state index in [0.29, 0.717) is 0 Å². The minimum Gasteiger partial charge on any atom is -0.301 e. The average molecular weight is 377 g/mol. The number of hydrogen-bond donors (Lipinski definition) is 1. The summed E-state index contributed by atoms with van der Waals surface area (Å²) >= 11 is 1.82. The van der Waals surface area contributed by atoms with Crippen molar-refractivity contribution < 1.29 is 0 Å². The average Bonchev–Trinajstić information content (AvgIpc) is 3.29. The Morgan fingerprint density at radius 1 is 0.963 bits per heavy atom. The molecule has 0 radical (unpaired) electrons. The molecule has 0 unspecified atom stereocenters. The lowest BCUT2D eigenvalue weighted by molar-refractivity contribution is 0.132. The highest BCUT2D eigenvalue weighted by Gasteiger charge is 2.16. The van der Waals surface area contributed by atoms with Crippen LogP contribution < -0.4 is 0 Å². The Morgan fingerprint density at radius 2 is 1.70 bits per heavy atom. The maximum Gasteiger partial charge on any atom is 0.110 e. The van der Waals surface area contributed by atoms with Crippen LogP contribution in [0, 0.1) is 0 Å². The van der Waals surface area contributed by atoms with Crippen molar-refractivity contribution in [2.45, 2.75) is 13.5 Å². The predicted octanol–water partition coefficient (Wildman–Crippen LogP) is 4.58. The third-order valence-electron chi connectivity index (χ3n) is 5.64. The van der Waals surface area contributed by atoms with E-state index < -0.39 is 0 Å². The van der Waals surface area contributed by atoms with Crippen LogP contribution >= 0.6 is 11.3 Å². The van der Waals surface area contributed by atoms with Crippen molar-refractivity contribution >= 4 is 31.6 Å². The standard InChI is InChI=1S/C22H24N4S/c1-2-25-11-13-26(14-12-25)15-16-7-9-17(10-8-16)20-22-21(24-23-20)18-5-3-4-6-19(18)27-22/h3-10H,2,11-15H2,1H3,(H,23,24). The molecule has 5 rings (SSSR count).